The van der Waals surface area contributed by atoms with E-state index in [4.69, 9.17) is 23.2 Å². The van der Waals surface area contributed by atoms with E-state index in [0.29, 0.717) is 36.9 Å². The number of piperazine rings is 1. The van der Waals surface area contributed by atoms with Gasteiger partial charge in [-0.3, -0.25) is 13.9 Å². The van der Waals surface area contributed by atoms with E-state index in [2.05, 4.69) is 6.58 Å². The number of carbonyl (C=O) groups is 2. The van der Waals surface area contributed by atoms with E-state index in [1.54, 1.807) is 34.1 Å². The zero-order valence-electron chi connectivity index (χ0n) is 17.5. The van der Waals surface area contributed by atoms with Crippen LogP contribution in [0.25, 0.3) is 0 Å². The van der Waals surface area contributed by atoms with E-state index in [9.17, 15) is 18.0 Å². The Hall–Kier alpha value is -2.55. The summed E-state index contributed by atoms with van der Waals surface area (Å²) in [5.41, 5.74) is 0.510. The van der Waals surface area contributed by atoms with Crippen molar-refractivity contribution in [3.8, 4) is 0 Å². The number of hydrogen-bond acceptors (Lipinski definition) is 4. The molecule has 0 N–H and O–H groups in total. The third kappa shape index (κ3) is 5.09. The van der Waals surface area contributed by atoms with E-state index >= 15 is 0 Å². The van der Waals surface area contributed by atoms with Crippen molar-refractivity contribution >= 4 is 50.7 Å². The van der Waals surface area contributed by atoms with Crippen LogP contribution >= 0.6 is 23.2 Å². The second-order valence-corrected chi connectivity index (χ2v) is 9.95. The normalized spacial score (nSPS) is 14.2. The Labute approximate surface area is 197 Å². The summed E-state index contributed by atoms with van der Waals surface area (Å²) in [6.07, 6.45) is 1.47. The second kappa shape index (κ2) is 9.94. The molecule has 2 aromatic carbocycles. The minimum absolute atomic E-state index is 0.0306. The van der Waals surface area contributed by atoms with Crippen molar-refractivity contribution in [3.63, 3.8) is 0 Å². The molecule has 32 heavy (non-hydrogen) atoms. The lowest BCUT2D eigenvalue weighted by Gasteiger charge is -2.34. The lowest BCUT2D eigenvalue weighted by molar-refractivity contribution is -0.130. The number of carbonyl (C=O) groups excluding carboxylic acids is 2. The molecule has 1 aliphatic heterocycles. The highest BCUT2D eigenvalue weighted by Gasteiger charge is 2.28. The molecule has 1 heterocycles. The number of hydrogen-bond donors (Lipinski definition) is 0. The Bertz CT molecular complexity index is 1130. The molecule has 0 radical (unpaired) electrons. The van der Waals surface area contributed by atoms with Crippen molar-refractivity contribution in [2.24, 2.45) is 0 Å². The van der Waals surface area contributed by atoms with Crippen LogP contribution < -0.4 is 4.31 Å². The maximum Gasteiger partial charge on any atom is 0.264 e. The summed E-state index contributed by atoms with van der Waals surface area (Å²) in [6, 6.07) is 10.5. The van der Waals surface area contributed by atoms with Gasteiger partial charge in [0.1, 0.15) is 0 Å². The lowest BCUT2D eigenvalue weighted by Crippen LogP contribution is -2.50. The minimum Gasteiger partial charge on any atom is -0.339 e. The first-order chi connectivity index (χ1) is 15.1. The number of benzene rings is 2. The monoisotopic (exact) mass is 495 g/mol. The molecule has 0 atom stereocenters. The van der Waals surface area contributed by atoms with Crippen LogP contribution in [0.2, 0.25) is 10.0 Å². The van der Waals surface area contributed by atoms with Crippen LogP contribution in [0, 0.1) is 0 Å². The Morgan fingerprint density at radius 2 is 1.62 bits per heavy atom. The predicted octanol–water partition coefficient (Wildman–Crippen LogP) is 3.68. The van der Waals surface area contributed by atoms with Gasteiger partial charge in [0.2, 0.25) is 5.91 Å². The number of anilines is 1. The summed E-state index contributed by atoms with van der Waals surface area (Å²) in [7, 11) is -4.02. The minimum atomic E-state index is -4.02. The van der Waals surface area contributed by atoms with Gasteiger partial charge in [0.25, 0.3) is 15.9 Å². The van der Waals surface area contributed by atoms with E-state index in [0.717, 1.165) is 0 Å². The van der Waals surface area contributed by atoms with E-state index < -0.39 is 10.0 Å². The van der Waals surface area contributed by atoms with Gasteiger partial charge in [0, 0.05) is 38.1 Å². The van der Waals surface area contributed by atoms with E-state index in [1.165, 1.54) is 35.5 Å². The number of amides is 2. The fourth-order valence-corrected chi connectivity index (χ4v) is 5.20. The van der Waals surface area contributed by atoms with Crippen molar-refractivity contribution < 1.29 is 18.0 Å². The van der Waals surface area contributed by atoms with Crippen molar-refractivity contribution in [1.82, 2.24) is 9.80 Å². The molecule has 0 unspecified atom stereocenters. The molecule has 3 rings (SSSR count). The molecule has 1 saturated heterocycles. The third-order valence-electron chi connectivity index (χ3n) is 5.18. The molecule has 1 aliphatic rings. The van der Waals surface area contributed by atoms with Gasteiger partial charge in [-0.1, -0.05) is 29.3 Å². The molecule has 0 spiro atoms. The van der Waals surface area contributed by atoms with Crippen LogP contribution in [0.5, 0.6) is 0 Å². The molecular weight excluding hydrogens is 473 g/mol. The SMILES string of the molecule is C=CCN(c1ccc(Cl)cc1)S(=O)(=O)c1ccc(Cl)c(C(=O)N2CCN(C(C)=O)CC2)c1. The van der Waals surface area contributed by atoms with Gasteiger partial charge < -0.3 is 9.80 Å². The number of sulfonamides is 1. The molecule has 10 heteroatoms. The smallest absolute Gasteiger partial charge is 0.264 e. The molecule has 2 aromatic rings. The van der Waals surface area contributed by atoms with Crippen LogP contribution in [0.15, 0.2) is 60.0 Å². The largest absolute Gasteiger partial charge is 0.339 e. The number of halogens is 2. The summed E-state index contributed by atoms with van der Waals surface area (Å²) in [6.45, 7) is 6.69. The van der Waals surface area contributed by atoms with Crippen LogP contribution in [-0.4, -0.2) is 62.8 Å². The van der Waals surface area contributed by atoms with Gasteiger partial charge in [-0.05, 0) is 42.5 Å². The quantitative estimate of drug-likeness (QED) is 0.572. The van der Waals surface area contributed by atoms with Crippen molar-refractivity contribution in [1.29, 1.82) is 0 Å². The fourth-order valence-electron chi connectivity index (χ4n) is 3.42. The first-order valence-corrected chi connectivity index (χ1v) is 12.1. The van der Waals surface area contributed by atoms with Crippen LogP contribution in [0.4, 0.5) is 5.69 Å². The number of rotatable bonds is 6. The van der Waals surface area contributed by atoms with E-state index in [1.807, 2.05) is 0 Å². The van der Waals surface area contributed by atoms with Crippen LogP contribution in [0.1, 0.15) is 17.3 Å². The van der Waals surface area contributed by atoms with Crippen molar-refractivity contribution in [2.75, 3.05) is 37.0 Å². The molecule has 0 aromatic heterocycles. The highest BCUT2D eigenvalue weighted by atomic mass is 35.5. The molecule has 2 amide bonds. The molecule has 1 fully saturated rings. The molecule has 0 saturated carbocycles. The molecule has 7 nitrogen and oxygen atoms in total. The molecule has 0 aliphatic carbocycles. The summed E-state index contributed by atoms with van der Waals surface area (Å²) in [4.78, 5) is 27.8. The van der Waals surface area contributed by atoms with Gasteiger partial charge in [0.05, 0.1) is 27.7 Å². The Balaban J connectivity index is 1.92. The average molecular weight is 496 g/mol. The van der Waals surface area contributed by atoms with Crippen molar-refractivity contribution in [2.45, 2.75) is 11.8 Å². The summed E-state index contributed by atoms with van der Waals surface area (Å²) in [5.74, 6) is -0.426. The highest BCUT2D eigenvalue weighted by molar-refractivity contribution is 7.92. The number of nitrogens with zero attached hydrogens (tertiary/aromatic N) is 3. The zero-order chi connectivity index (χ0) is 23.5. The first kappa shape index (κ1) is 24.1. The van der Waals surface area contributed by atoms with Crippen LogP contribution in [0.3, 0.4) is 0 Å². The Morgan fingerprint density at radius 1 is 1.03 bits per heavy atom. The van der Waals surface area contributed by atoms with Gasteiger partial charge in [-0.15, -0.1) is 6.58 Å². The average Bonchev–Trinajstić information content (AvgIpc) is 2.78. The standard InChI is InChI=1S/C22H23Cl2N3O4S/c1-3-10-27(18-6-4-17(23)5-7-18)32(30,31)19-8-9-21(24)20(15-19)22(29)26-13-11-25(12-14-26)16(2)28/h3-9,15H,1,10-14H2,2H3. The molecular formula is C22H23Cl2N3O4S. The van der Waals surface area contributed by atoms with E-state index in [-0.39, 0.29) is 33.8 Å². The maximum atomic E-state index is 13.4. The summed E-state index contributed by atoms with van der Waals surface area (Å²) >= 11 is 12.2. The second-order valence-electron chi connectivity index (χ2n) is 7.24. The topological polar surface area (TPSA) is 78.0 Å². The van der Waals surface area contributed by atoms with Gasteiger partial charge in [-0.2, -0.15) is 0 Å². The summed E-state index contributed by atoms with van der Waals surface area (Å²) in [5, 5.41) is 0.638. The zero-order valence-corrected chi connectivity index (χ0v) is 19.8. The first-order valence-electron chi connectivity index (χ1n) is 9.88. The van der Waals surface area contributed by atoms with Crippen molar-refractivity contribution in [3.05, 3.63) is 70.7 Å². The Morgan fingerprint density at radius 3 is 2.19 bits per heavy atom. The van der Waals surface area contributed by atoms with Gasteiger partial charge in [-0.25, -0.2) is 8.42 Å². The Kier molecular flexibility index (Phi) is 7.48. The molecule has 0 bridgehead atoms. The summed E-state index contributed by atoms with van der Waals surface area (Å²) < 4.78 is 28.0. The van der Waals surface area contributed by atoms with Gasteiger partial charge in [0.15, 0.2) is 0 Å². The lowest BCUT2D eigenvalue weighted by atomic mass is 10.1. The van der Waals surface area contributed by atoms with Crippen LogP contribution in [-0.2, 0) is 14.8 Å². The molecule has 170 valence electrons. The van der Waals surface area contributed by atoms with Gasteiger partial charge >= 0.3 is 0 Å². The fraction of sp³-hybridized carbons (Fsp3) is 0.273. The highest BCUT2D eigenvalue weighted by Crippen LogP contribution is 2.28. The third-order valence-corrected chi connectivity index (χ3v) is 7.55. The maximum absolute atomic E-state index is 13.4. The predicted molar refractivity (Wildman–Crippen MR) is 126 cm³/mol.